The Hall–Kier alpha value is -1.75. The molecule has 0 unspecified atom stereocenters. The van der Waals surface area contributed by atoms with E-state index in [2.05, 4.69) is 10.6 Å². The van der Waals surface area contributed by atoms with Gasteiger partial charge in [-0.05, 0) is 38.0 Å². The molecule has 0 spiro atoms. The number of nitrogens with zero attached hydrogens (tertiary/aromatic N) is 1. The van der Waals surface area contributed by atoms with Gasteiger partial charge in [-0.25, -0.2) is 4.79 Å². The van der Waals surface area contributed by atoms with Gasteiger partial charge in [0.25, 0.3) is 0 Å². The number of amides is 3. The van der Waals surface area contributed by atoms with Crippen molar-refractivity contribution in [2.45, 2.75) is 26.7 Å². The van der Waals surface area contributed by atoms with Gasteiger partial charge >= 0.3 is 6.03 Å². The highest BCUT2D eigenvalue weighted by atomic mass is 35.5. The molecule has 1 aromatic rings. The molecule has 3 amide bonds. The van der Waals surface area contributed by atoms with Crippen LogP contribution in [0, 0.1) is 0 Å². The van der Waals surface area contributed by atoms with E-state index in [9.17, 15) is 9.59 Å². The van der Waals surface area contributed by atoms with Gasteiger partial charge in [0, 0.05) is 37.6 Å². The first kappa shape index (κ1) is 18.3. The van der Waals surface area contributed by atoms with Crippen molar-refractivity contribution in [1.29, 1.82) is 0 Å². The lowest BCUT2D eigenvalue weighted by Gasteiger charge is -2.19. The summed E-state index contributed by atoms with van der Waals surface area (Å²) in [6.45, 7) is 6.09. The number of halogens is 1. The molecule has 2 N–H and O–H groups in total. The van der Waals surface area contributed by atoms with Gasteiger partial charge in [0.05, 0.1) is 0 Å². The molecular weight excluding hydrogens is 302 g/mol. The van der Waals surface area contributed by atoms with Crippen LogP contribution in [0.5, 0.6) is 0 Å². The molecule has 0 saturated heterocycles. The predicted molar refractivity (Wildman–Crippen MR) is 89.1 cm³/mol. The Balaban J connectivity index is 2.16. The van der Waals surface area contributed by atoms with Crippen molar-refractivity contribution in [1.82, 2.24) is 15.5 Å². The zero-order valence-electron chi connectivity index (χ0n) is 13.2. The SMILES string of the molecule is CCN(CC)C(=O)NCCNC(=O)CCc1ccc(Cl)cc1. The lowest BCUT2D eigenvalue weighted by atomic mass is 10.1. The van der Waals surface area contributed by atoms with Crippen molar-refractivity contribution in [3.05, 3.63) is 34.9 Å². The van der Waals surface area contributed by atoms with E-state index in [0.717, 1.165) is 5.56 Å². The van der Waals surface area contributed by atoms with Crippen LogP contribution in [0.15, 0.2) is 24.3 Å². The van der Waals surface area contributed by atoms with Gasteiger partial charge in [-0.2, -0.15) is 0 Å². The molecule has 0 saturated carbocycles. The van der Waals surface area contributed by atoms with E-state index in [4.69, 9.17) is 11.6 Å². The second kappa shape index (κ2) is 10.1. The Morgan fingerprint density at radius 3 is 2.23 bits per heavy atom. The number of hydrogen-bond acceptors (Lipinski definition) is 2. The maximum Gasteiger partial charge on any atom is 0.317 e. The van der Waals surface area contributed by atoms with Crippen LogP contribution in [-0.4, -0.2) is 43.0 Å². The fourth-order valence-corrected chi connectivity index (χ4v) is 2.12. The summed E-state index contributed by atoms with van der Waals surface area (Å²) in [5.74, 6) is -0.0213. The van der Waals surface area contributed by atoms with E-state index in [-0.39, 0.29) is 11.9 Å². The molecule has 22 heavy (non-hydrogen) atoms. The van der Waals surface area contributed by atoms with Crippen LogP contribution in [-0.2, 0) is 11.2 Å². The summed E-state index contributed by atoms with van der Waals surface area (Å²) in [4.78, 5) is 25.1. The number of aryl methyl sites for hydroxylation is 1. The van der Waals surface area contributed by atoms with E-state index in [1.807, 2.05) is 38.1 Å². The molecule has 6 heteroatoms. The van der Waals surface area contributed by atoms with Crippen LogP contribution in [0.3, 0.4) is 0 Å². The van der Waals surface area contributed by atoms with Crippen LogP contribution < -0.4 is 10.6 Å². The van der Waals surface area contributed by atoms with Gasteiger partial charge in [0.2, 0.25) is 5.91 Å². The first-order chi connectivity index (χ1) is 10.6. The number of rotatable bonds is 8. The quantitative estimate of drug-likeness (QED) is 0.721. The maximum absolute atomic E-state index is 11.7. The minimum absolute atomic E-state index is 0.0213. The highest BCUT2D eigenvalue weighted by Crippen LogP contribution is 2.10. The molecule has 0 aliphatic carbocycles. The maximum atomic E-state index is 11.7. The molecule has 0 aliphatic heterocycles. The van der Waals surface area contributed by atoms with Crippen LogP contribution in [0.4, 0.5) is 4.79 Å². The Bertz CT molecular complexity index is 473. The molecule has 0 atom stereocenters. The summed E-state index contributed by atoms with van der Waals surface area (Å²) < 4.78 is 0. The normalized spacial score (nSPS) is 10.1. The summed E-state index contributed by atoms with van der Waals surface area (Å²) in [6, 6.07) is 7.37. The van der Waals surface area contributed by atoms with Crippen molar-refractivity contribution in [2.75, 3.05) is 26.2 Å². The summed E-state index contributed by atoms with van der Waals surface area (Å²) in [5, 5.41) is 6.27. The largest absolute Gasteiger partial charge is 0.354 e. The Morgan fingerprint density at radius 1 is 1.05 bits per heavy atom. The molecule has 1 aromatic carbocycles. The van der Waals surface area contributed by atoms with Gasteiger partial charge in [-0.15, -0.1) is 0 Å². The molecule has 0 fully saturated rings. The van der Waals surface area contributed by atoms with E-state index >= 15 is 0 Å². The summed E-state index contributed by atoms with van der Waals surface area (Å²) in [6.07, 6.45) is 1.10. The molecule has 0 heterocycles. The van der Waals surface area contributed by atoms with Crippen molar-refractivity contribution in [2.24, 2.45) is 0 Å². The van der Waals surface area contributed by atoms with E-state index < -0.39 is 0 Å². The lowest BCUT2D eigenvalue weighted by Crippen LogP contribution is -2.42. The van der Waals surface area contributed by atoms with Gasteiger partial charge in [-0.1, -0.05) is 23.7 Å². The summed E-state index contributed by atoms with van der Waals surface area (Å²) in [7, 11) is 0. The topological polar surface area (TPSA) is 61.4 Å². The average Bonchev–Trinajstić information content (AvgIpc) is 2.52. The fourth-order valence-electron chi connectivity index (χ4n) is 1.99. The zero-order chi connectivity index (χ0) is 16.4. The lowest BCUT2D eigenvalue weighted by molar-refractivity contribution is -0.121. The number of urea groups is 1. The second-order valence-electron chi connectivity index (χ2n) is 4.88. The number of carbonyl (C=O) groups excluding carboxylic acids is 2. The van der Waals surface area contributed by atoms with Gasteiger partial charge in [0.15, 0.2) is 0 Å². The Kier molecular flexibility index (Phi) is 8.36. The molecular formula is C16H24ClN3O2. The van der Waals surface area contributed by atoms with Crippen molar-refractivity contribution < 1.29 is 9.59 Å². The summed E-state index contributed by atoms with van der Waals surface area (Å²) >= 11 is 5.81. The van der Waals surface area contributed by atoms with Crippen LogP contribution in [0.1, 0.15) is 25.8 Å². The van der Waals surface area contributed by atoms with Crippen LogP contribution in [0.25, 0.3) is 0 Å². The highest BCUT2D eigenvalue weighted by molar-refractivity contribution is 6.30. The smallest absolute Gasteiger partial charge is 0.317 e. The monoisotopic (exact) mass is 325 g/mol. The molecule has 0 aromatic heterocycles. The number of hydrogen-bond donors (Lipinski definition) is 2. The van der Waals surface area contributed by atoms with Gasteiger partial charge in [-0.3, -0.25) is 4.79 Å². The van der Waals surface area contributed by atoms with Crippen molar-refractivity contribution in [3.63, 3.8) is 0 Å². The minimum Gasteiger partial charge on any atom is -0.354 e. The Labute approximate surface area is 137 Å². The molecule has 122 valence electrons. The predicted octanol–water partition coefficient (Wildman–Crippen LogP) is 2.44. The minimum atomic E-state index is -0.0968. The number of benzene rings is 1. The first-order valence-electron chi connectivity index (χ1n) is 7.60. The van der Waals surface area contributed by atoms with Crippen molar-refractivity contribution in [3.8, 4) is 0 Å². The molecule has 1 rings (SSSR count). The number of nitrogens with one attached hydrogen (secondary N) is 2. The fraction of sp³-hybridized carbons (Fsp3) is 0.500. The van der Waals surface area contributed by atoms with Crippen LogP contribution >= 0.6 is 11.6 Å². The van der Waals surface area contributed by atoms with E-state index in [1.54, 1.807) is 4.90 Å². The molecule has 5 nitrogen and oxygen atoms in total. The highest BCUT2D eigenvalue weighted by Gasteiger charge is 2.08. The summed E-state index contributed by atoms with van der Waals surface area (Å²) in [5.41, 5.74) is 1.08. The van der Waals surface area contributed by atoms with Crippen molar-refractivity contribution >= 4 is 23.5 Å². The van der Waals surface area contributed by atoms with E-state index in [0.29, 0.717) is 44.0 Å². The molecule has 0 aliphatic rings. The van der Waals surface area contributed by atoms with Gasteiger partial charge in [0.1, 0.15) is 0 Å². The molecule has 0 bridgehead atoms. The second-order valence-corrected chi connectivity index (χ2v) is 5.32. The zero-order valence-corrected chi connectivity index (χ0v) is 13.9. The number of carbonyl (C=O) groups is 2. The average molecular weight is 326 g/mol. The third-order valence-electron chi connectivity index (χ3n) is 3.33. The van der Waals surface area contributed by atoms with Gasteiger partial charge < -0.3 is 15.5 Å². The Morgan fingerprint density at radius 2 is 1.64 bits per heavy atom. The third-order valence-corrected chi connectivity index (χ3v) is 3.58. The standard InChI is InChI=1S/C16H24ClN3O2/c1-3-20(4-2)16(22)19-12-11-18-15(21)10-7-13-5-8-14(17)9-6-13/h5-6,8-9H,3-4,7,10-12H2,1-2H3,(H,18,21)(H,19,22). The third kappa shape index (κ3) is 6.80. The molecule has 0 radical (unpaired) electrons. The van der Waals surface area contributed by atoms with E-state index in [1.165, 1.54) is 0 Å². The first-order valence-corrected chi connectivity index (χ1v) is 7.98. The van der Waals surface area contributed by atoms with Crippen LogP contribution in [0.2, 0.25) is 5.02 Å².